The summed E-state index contributed by atoms with van der Waals surface area (Å²) in [6, 6.07) is 7.27. The van der Waals surface area contributed by atoms with Crippen LogP contribution in [0.1, 0.15) is 24.2 Å². The van der Waals surface area contributed by atoms with Crippen molar-refractivity contribution in [2.24, 2.45) is 0 Å². The summed E-state index contributed by atoms with van der Waals surface area (Å²) >= 11 is 1.21. The highest BCUT2D eigenvalue weighted by Crippen LogP contribution is 2.31. The molecule has 144 valence electrons. The Hall–Kier alpha value is -3.33. The van der Waals surface area contributed by atoms with Crippen LogP contribution in [0.3, 0.4) is 0 Å². The summed E-state index contributed by atoms with van der Waals surface area (Å²) < 4.78 is 18.9. The van der Waals surface area contributed by atoms with Gasteiger partial charge in [-0.25, -0.2) is 14.4 Å². The Morgan fingerprint density at radius 3 is 2.82 bits per heavy atom. The van der Waals surface area contributed by atoms with Gasteiger partial charge in [0.05, 0.1) is 18.0 Å². The molecule has 0 fully saturated rings. The fourth-order valence-corrected chi connectivity index (χ4v) is 3.17. The molecule has 0 radical (unpaired) electrons. The van der Waals surface area contributed by atoms with Crippen LogP contribution in [0.5, 0.6) is 5.88 Å². The molecule has 0 saturated carbocycles. The van der Waals surface area contributed by atoms with E-state index in [1.807, 2.05) is 0 Å². The van der Waals surface area contributed by atoms with Crippen LogP contribution in [-0.4, -0.2) is 28.4 Å². The van der Waals surface area contributed by atoms with Gasteiger partial charge in [0.15, 0.2) is 5.13 Å². The number of aromatic nitrogens is 2. The number of nitrogens with one attached hydrogen (secondary N) is 2. The minimum Gasteiger partial charge on any atom is -0.477 e. The first kappa shape index (κ1) is 19.4. The van der Waals surface area contributed by atoms with Crippen molar-refractivity contribution in [1.29, 1.82) is 0 Å². The normalized spacial score (nSPS) is 10.4. The monoisotopic (exact) mass is 400 g/mol. The molecule has 0 aliphatic rings. The molecule has 2 amide bonds. The number of nitrogens with zero attached hydrogens (tertiary/aromatic N) is 2. The van der Waals surface area contributed by atoms with Crippen molar-refractivity contribution in [3.05, 3.63) is 53.3 Å². The van der Waals surface area contributed by atoms with Gasteiger partial charge in [-0.3, -0.25) is 14.9 Å². The molecule has 0 aliphatic heterocycles. The molecule has 3 rings (SSSR count). The van der Waals surface area contributed by atoms with Crippen molar-refractivity contribution in [3.8, 4) is 17.1 Å². The molecular formula is C19H17FN4O3S. The average Bonchev–Trinajstić information content (AvgIpc) is 3.10. The second-order valence-corrected chi connectivity index (χ2v) is 6.51. The Labute approximate surface area is 164 Å². The first-order valence-electron chi connectivity index (χ1n) is 8.40. The zero-order valence-corrected chi connectivity index (χ0v) is 16.0. The highest BCUT2D eigenvalue weighted by Gasteiger charge is 2.16. The van der Waals surface area contributed by atoms with Crippen molar-refractivity contribution >= 4 is 34.0 Å². The van der Waals surface area contributed by atoms with E-state index in [9.17, 15) is 14.0 Å². The second kappa shape index (κ2) is 8.57. The molecule has 2 heterocycles. The molecule has 0 unspecified atom stereocenters. The van der Waals surface area contributed by atoms with Gasteiger partial charge in [-0.05, 0) is 37.3 Å². The molecule has 3 aromatic rings. The third kappa shape index (κ3) is 4.49. The van der Waals surface area contributed by atoms with Crippen LogP contribution in [0.25, 0.3) is 11.3 Å². The quantitative estimate of drug-likeness (QED) is 0.653. The smallest absolute Gasteiger partial charge is 0.262 e. The number of anilines is 2. The highest BCUT2D eigenvalue weighted by atomic mass is 32.1. The van der Waals surface area contributed by atoms with Crippen LogP contribution in [0.4, 0.5) is 15.2 Å². The van der Waals surface area contributed by atoms with Crippen LogP contribution in [-0.2, 0) is 4.79 Å². The number of rotatable bonds is 6. The molecular weight excluding hydrogens is 383 g/mol. The Bertz CT molecular complexity index is 1020. The number of amides is 2. The Balaban J connectivity index is 1.84. The summed E-state index contributed by atoms with van der Waals surface area (Å²) in [7, 11) is 0. The summed E-state index contributed by atoms with van der Waals surface area (Å²) in [6.45, 7) is 3.53. The van der Waals surface area contributed by atoms with Gasteiger partial charge >= 0.3 is 0 Å². The van der Waals surface area contributed by atoms with Gasteiger partial charge in [-0.2, -0.15) is 0 Å². The number of carbonyl (C=O) groups excluding carboxylic acids is 2. The van der Waals surface area contributed by atoms with E-state index in [0.29, 0.717) is 34.2 Å². The summed E-state index contributed by atoms with van der Waals surface area (Å²) in [5.41, 5.74) is 1.65. The van der Waals surface area contributed by atoms with Gasteiger partial charge in [-0.15, -0.1) is 11.3 Å². The Kier molecular flexibility index (Phi) is 5.95. The third-order valence-electron chi connectivity index (χ3n) is 3.59. The lowest BCUT2D eigenvalue weighted by molar-refractivity contribution is -0.114. The van der Waals surface area contributed by atoms with E-state index in [2.05, 4.69) is 20.6 Å². The fourth-order valence-electron chi connectivity index (χ4n) is 2.47. The zero-order valence-electron chi connectivity index (χ0n) is 15.2. The number of hydrogen-bond donors (Lipinski definition) is 2. The van der Waals surface area contributed by atoms with Crippen LogP contribution in [0.2, 0.25) is 0 Å². The van der Waals surface area contributed by atoms with E-state index in [1.54, 1.807) is 30.6 Å². The van der Waals surface area contributed by atoms with Crippen LogP contribution in [0.15, 0.2) is 41.9 Å². The number of ether oxygens (including phenoxy) is 1. The predicted octanol–water partition coefficient (Wildman–Crippen LogP) is 3.95. The molecule has 2 N–H and O–H groups in total. The maximum atomic E-state index is 13.5. The molecule has 0 spiro atoms. The van der Waals surface area contributed by atoms with Gasteiger partial charge in [0, 0.05) is 24.1 Å². The van der Waals surface area contributed by atoms with Gasteiger partial charge in [0.1, 0.15) is 11.4 Å². The number of hydrogen-bond acceptors (Lipinski definition) is 6. The molecule has 0 aliphatic carbocycles. The lowest BCUT2D eigenvalue weighted by Crippen LogP contribution is -2.14. The summed E-state index contributed by atoms with van der Waals surface area (Å²) in [6.07, 6.45) is 1.54. The Morgan fingerprint density at radius 2 is 2.07 bits per heavy atom. The number of halogens is 1. The maximum Gasteiger partial charge on any atom is 0.262 e. The first-order chi connectivity index (χ1) is 13.5. The van der Waals surface area contributed by atoms with Crippen molar-refractivity contribution in [3.63, 3.8) is 0 Å². The largest absolute Gasteiger partial charge is 0.477 e. The van der Waals surface area contributed by atoms with Crippen LogP contribution >= 0.6 is 11.3 Å². The molecule has 0 atom stereocenters. The fraction of sp³-hybridized carbons (Fsp3) is 0.158. The zero-order chi connectivity index (χ0) is 20.1. The lowest BCUT2D eigenvalue weighted by atomic mass is 10.1. The lowest BCUT2D eigenvalue weighted by Gasteiger charge is -2.08. The molecule has 2 aromatic heterocycles. The van der Waals surface area contributed by atoms with E-state index < -0.39 is 11.7 Å². The van der Waals surface area contributed by atoms with Crippen LogP contribution in [0, 0.1) is 5.82 Å². The van der Waals surface area contributed by atoms with E-state index in [0.717, 1.165) is 0 Å². The first-order valence-corrected chi connectivity index (χ1v) is 9.28. The van der Waals surface area contributed by atoms with Gasteiger partial charge in [0.25, 0.3) is 5.91 Å². The van der Waals surface area contributed by atoms with Gasteiger partial charge in [0.2, 0.25) is 11.8 Å². The number of benzene rings is 1. The SMILES string of the molecule is CCOc1ncccc1C(=O)Nc1nc(-c2ccc(F)cc2NC(C)=O)cs1. The van der Waals surface area contributed by atoms with Crippen molar-refractivity contribution in [2.45, 2.75) is 13.8 Å². The minimum atomic E-state index is -0.476. The van der Waals surface area contributed by atoms with Crippen molar-refractivity contribution in [1.82, 2.24) is 9.97 Å². The molecule has 0 saturated heterocycles. The predicted molar refractivity (Wildman–Crippen MR) is 105 cm³/mol. The van der Waals surface area contributed by atoms with E-state index in [1.165, 1.54) is 36.5 Å². The minimum absolute atomic E-state index is 0.241. The number of carbonyl (C=O) groups is 2. The highest BCUT2D eigenvalue weighted by molar-refractivity contribution is 7.14. The topological polar surface area (TPSA) is 93.2 Å². The van der Waals surface area contributed by atoms with E-state index >= 15 is 0 Å². The maximum absolute atomic E-state index is 13.5. The summed E-state index contributed by atoms with van der Waals surface area (Å²) in [4.78, 5) is 32.3. The van der Waals surface area contributed by atoms with Gasteiger partial charge < -0.3 is 10.1 Å². The summed E-state index contributed by atoms with van der Waals surface area (Å²) in [5, 5.41) is 7.35. The number of thiazole rings is 1. The Morgan fingerprint density at radius 1 is 1.25 bits per heavy atom. The second-order valence-electron chi connectivity index (χ2n) is 5.65. The van der Waals surface area contributed by atoms with Crippen LogP contribution < -0.4 is 15.4 Å². The van der Waals surface area contributed by atoms with Gasteiger partial charge in [-0.1, -0.05) is 0 Å². The molecule has 7 nitrogen and oxygen atoms in total. The van der Waals surface area contributed by atoms with E-state index in [-0.39, 0.29) is 11.8 Å². The number of pyridine rings is 1. The third-order valence-corrected chi connectivity index (χ3v) is 4.35. The molecule has 1 aromatic carbocycles. The standard InChI is InChI=1S/C19H17FN4O3S/c1-3-27-18-14(5-4-8-21-18)17(26)24-19-23-16(10-28-19)13-7-6-12(20)9-15(13)22-11(2)25/h4-10H,3H2,1-2H3,(H,22,25)(H,23,24,26). The van der Waals surface area contributed by atoms with E-state index in [4.69, 9.17) is 4.74 Å². The average molecular weight is 400 g/mol. The van der Waals surface area contributed by atoms with Crippen molar-refractivity contribution < 1.29 is 18.7 Å². The molecule has 9 heteroatoms. The van der Waals surface area contributed by atoms with Crippen molar-refractivity contribution in [2.75, 3.05) is 17.2 Å². The molecule has 28 heavy (non-hydrogen) atoms. The molecule has 0 bridgehead atoms. The summed E-state index contributed by atoms with van der Waals surface area (Å²) in [5.74, 6) is -0.962.